The first kappa shape index (κ1) is 19.6. The van der Waals surface area contributed by atoms with Crippen LogP contribution in [0.2, 0.25) is 0 Å². The maximum Gasteiger partial charge on any atom is 0.256 e. The number of amides is 1. The summed E-state index contributed by atoms with van der Waals surface area (Å²) in [6.07, 6.45) is 1.74. The monoisotopic (exact) mass is 388 g/mol. The van der Waals surface area contributed by atoms with E-state index in [9.17, 15) is 9.18 Å². The van der Waals surface area contributed by atoms with E-state index in [4.69, 9.17) is 0 Å². The summed E-state index contributed by atoms with van der Waals surface area (Å²) in [5.41, 5.74) is 1.67. The number of hydrogen-bond acceptors (Lipinski definition) is 5. The van der Waals surface area contributed by atoms with E-state index in [-0.39, 0.29) is 11.7 Å². The lowest BCUT2D eigenvalue weighted by Gasteiger charge is -2.36. The highest BCUT2D eigenvalue weighted by Crippen LogP contribution is 2.23. The molecule has 0 aliphatic carbocycles. The number of halogens is 1. The number of piperazine rings is 1. The normalized spacial score (nSPS) is 14.7. The summed E-state index contributed by atoms with van der Waals surface area (Å²) in [7, 11) is 4.07. The number of carbonyl (C=O) groups is 1. The SMILES string of the molecule is CN(C)CCSc1ncccc1C(=O)N1CCN(c2ccc(F)cc2)CC1. The third kappa shape index (κ3) is 5.20. The molecule has 0 atom stereocenters. The molecule has 1 aromatic heterocycles. The van der Waals surface area contributed by atoms with E-state index in [2.05, 4.69) is 14.8 Å². The molecular weight excluding hydrogens is 363 g/mol. The highest BCUT2D eigenvalue weighted by molar-refractivity contribution is 7.99. The van der Waals surface area contributed by atoms with Gasteiger partial charge in [-0.05, 0) is 50.5 Å². The van der Waals surface area contributed by atoms with Crippen LogP contribution in [0.25, 0.3) is 0 Å². The Balaban J connectivity index is 1.61. The summed E-state index contributed by atoms with van der Waals surface area (Å²) in [5, 5.41) is 0.797. The minimum absolute atomic E-state index is 0.0363. The summed E-state index contributed by atoms with van der Waals surface area (Å²) < 4.78 is 13.1. The molecule has 1 saturated heterocycles. The van der Waals surface area contributed by atoms with Crippen LogP contribution in [0.4, 0.5) is 10.1 Å². The van der Waals surface area contributed by atoms with Gasteiger partial charge < -0.3 is 14.7 Å². The highest BCUT2D eigenvalue weighted by Gasteiger charge is 2.24. The van der Waals surface area contributed by atoms with Crippen LogP contribution in [0.15, 0.2) is 47.6 Å². The molecule has 144 valence electrons. The number of thioether (sulfide) groups is 1. The van der Waals surface area contributed by atoms with Crippen molar-refractivity contribution in [3.63, 3.8) is 0 Å². The Hall–Kier alpha value is -2.12. The summed E-state index contributed by atoms with van der Waals surface area (Å²) >= 11 is 1.62. The molecule has 1 aliphatic heterocycles. The zero-order chi connectivity index (χ0) is 19.2. The van der Waals surface area contributed by atoms with Crippen molar-refractivity contribution in [3.8, 4) is 0 Å². The van der Waals surface area contributed by atoms with Crippen LogP contribution in [0.1, 0.15) is 10.4 Å². The minimum Gasteiger partial charge on any atom is -0.368 e. The fourth-order valence-corrected chi connectivity index (χ4v) is 4.08. The summed E-state index contributed by atoms with van der Waals surface area (Å²) in [5.74, 6) is 0.695. The van der Waals surface area contributed by atoms with Gasteiger partial charge in [0, 0.05) is 50.4 Å². The lowest BCUT2D eigenvalue weighted by atomic mass is 10.2. The number of nitrogens with zero attached hydrogens (tertiary/aromatic N) is 4. The zero-order valence-corrected chi connectivity index (χ0v) is 16.6. The Morgan fingerprint density at radius 3 is 2.52 bits per heavy atom. The van der Waals surface area contributed by atoms with E-state index < -0.39 is 0 Å². The van der Waals surface area contributed by atoms with E-state index in [1.165, 1.54) is 12.1 Å². The first-order valence-electron chi connectivity index (χ1n) is 9.07. The summed E-state index contributed by atoms with van der Waals surface area (Å²) in [4.78, 5) is 23.6. The second-order valence-electron chi connectivity index (χ2n) is 6.76. The first-order valence-corrected chi connectivity index (χ1v) is 10.1. The Kier molecular flexibility index (Phi) is 6.68. The molecular formula is C20H25FN4OS. The number of rotatable bonds is 6. The van der Waals surface area contributed by atoms with Crippen molar-refractivity contribution in [2.24, 2.45) is 0 Å². The smallest absolute Gasteiger partial charge is 0.256 e. The summed E-state index contributed by atoms with van der Waals surface area (Å²) in [6, 6.07) is 10.2. The number of aromatic nitrogens is 1. The quantitative estimate of drug-likeness (QED) is 0.712. The first-order chi connectivity index (χ1) is 13.0. The van der Waals surface area contributed by atoms with Gasteiger partial charge in [0.1, 0.15) is 10.8 Å². The molecule has 1 amide bonds. The molecule has 2 heterocycles. The molecule has 2 aromatic rings. The highest BCUT2D eigenvalue weighted by atomic mass is 32.2. The van der Waals surface area contributed by atoms with Gasteiger partial charge in [-0.25, -0.2) is 9.37 Å². The van der Waals surface area contributed by atoms with Gasteiger partial charge in [0.15, 0.2) is 0 Å². The van der Waals surface area contributed by atoms with Crippen molar-refractivity contribution in [1.82, 2.24) is 14.8 Å². The van der Waals surface area contributed by atoms with Gasteiger partial charge in [-0.15, -0.1) is 11.8 Å². The summed E-state index contributed by atoms with van der Waals surface area (Å²) in [6.45, 7) is 3.70. The predicted octanol–water partition coefficient (Wildman–Crippen LogP) is 2.84. The average Bonchev–Trinajstić information content (AvgIpc) is 2.68. The van der Waals surface area contributed by atoms with Gasteiger partial charge in [-0.2, -0.15) is 0 Å². The van der Waals surface area contributed by atoms with Crippen LogP contribution < -0.4 is 4.90 Å². The molecule has 0 N–H and O–H groups in total. The molecule has 0 bridgehead atoms. The van der Waals surface area contributed by atoms with Crippen molar-refractivity contribution >= 4 is 23.4 Å². The number of hydrogen-bond donors (Lipinski definition) is 0. The van der Waals surface area contributed by atoms with Gasteiger partial charge in [-0.3, -0.25) is 4.79 Å². The van der Waals surface area contributed by atoms with Crippen molar-refractivity contribution in [3.05, 3.63) is 54.0 Å². The third-order valence-corrected chi connectivity index (χ3v) is 5.52. The predicted molar refractivity (Wildman–Crippen MR) is 108 cm³/mol. The van der Waals surface area contributed by atoms with Crippen LogP contribution in [-0.4, -0.2) is 73.3 Å². The lowest BCUT2D eigenvalue weighted by Crippen LogP contribution is -2.49. The van der Waals surface area contributed by atoms with Crippen LogP contribution in [0, 0.1) is 5.82 Å². The van der Waals surface area contributed by atoms with Crippen molar-refractivity contribution < 1.29 is 9.18 Å². The Morgan fingerprint density at radius 1 is 1.15 bits per heavy atom. The van der Waals surface area contributed by atoms with Crippen LogP contribution in [0.3, 0.4) is 0 Å². The maximum atomic E-state index is 13.1. The Morgan fingerprint density at radius 2 is 1.85 bits per heavy atom. The third-order valence-electron chi connectivity index (χ3n) is 4.54. The zero-order valence-electron chi connectivity index (χ0n) is 15.8. The molecule has 0 saturated carbocycles. The van der Waals surface area contributed by atoms with E-state index >= 15 is 0 Å². The molecule has 0 spiro atoms. The minimum atomic E-state index is -0.233. The molecule has 3 rings (SSSR count). The molecule has 0 radical (unpaired) electrons. The standard InChI is InChI=1S/C20H25FN4OS/c1-23(2)14-15-27-19-18(4-3-9-22-19)20(26)25-12-10-24(11-13-25)17-7-5-16(21)6-8-17/h3-9H,10-15H2,1-2H3. The van der Waals surface area contributed by atoms with Gasteiger partial charge >= 0.3 is 0 Å². The molecule has 1 fully saturated rings. The second-order valence-corrected chi connectivity index (χ2v) is 7.85. The fourth-order valence-electron chi connectivity index (χ4n) is 2.98. The van der Waals surface area contributed by atoms with Gasteiger partial charge in [0.05, 0.1) is 5.56 Å². The number of anilines is 1. The fraction of sp³-hybridized carbons (Fsp3) is 0.400. The molecule has 1 aliphatic rings. The second kappa shape index (κ2) is 9.19. The van der Waals surface area contributed by atoms with Crippen LogP contribution in [-0.2, 0) is 0 Å². The number of carbonyl (C=O) groups excluding carboxylic acids is 1. The molecule has 5 nitrogen and oxygen atoms in total. The van der Waals surface area contributed by atoms with E-state index in [0.717, 1.165) is 36.1 Å². The van der Waals surface area contributed by atoms with Crippen LogP contribution >= 0.6 is 11.8 Å². The van der Waals surface area contributed by atoms with Crippen LogP contribution in [0.5, 0.6) is 0 Å². The van der Waals surface area contributed by atoms with Crippen molar-refractivity contribution in [1.29, 1.82) is 0 Å². The van der Waals surface area contributed by atoms with E-state index in [0.29, 0.717) is 18.7 Å². The van der Waals surface area contributed by atoms with Gasteiger partial charge in [0.2, 0.25) is 0 Å². The van der Waals surface area contributed by atoms with Crippen molar-refractivity contribution in [2.45, 2.75) is 5.03 Å². The molecule has 1 aromatic carbocycles. The topological polar surface area (TPSA) is 39.7 Å². The van der Waals surface area contributed by atoms with Gasteiger partial charge in [0.25, 0.3) is 5.91 Å². The lowest BCUT2D eigenvalue weighted by molar-refractivity contribution is 0.0742. The Bertz CT molecular complexity index is 761. The van der Waals surface area contributed by atoms with Gasteiger partial charge in [-0.1, -0.05) is 0 Å². The average molecular weight is 389 g/mol. The molecule has 27 heavy (non-hydrogen) atoms. The molecule has 7 heteroatoms. The number of benzene rings is 1. The van der Waals surface area contributed by atoms with E-state index in [1.807, 2.05) is 31.1 Å². The maximum absolute atomic E-state index is 13.1. The number of pyridine rings is 1. The van der Waals surface area contributed by atoms with Crippen molar-refractivity contribution in [2.75, 3.05) is 57.5 Å². The Labute approximate surface area is 164 Å². The largest absolute Gasteiger partial charge is 0.368 e. The molecule has 0 unspecified atom stereocenters. The van der Waals surface area contributed by atoms with E-state index in [1.54, 1.807) is 30.1 Å².